The van der Waals surface area contributed by atoms with E-state index in [0.29, 0.717) is 24.2 Å². The van der Waals surface area contributed by atoms with Gasteiger partial charge in [-0.1, -0.05) is 45.7 Å². The lowest BCUT2D eigenvalue weighted by Gasteiger charge is -2.24. The van der Waals surface area contributed by atoms with Crippen molar-refractivity contribution in [3.05, 3.63) is 59.8 Å². The fourth-order valence-electron chi connectivity index (χ4n) is 3.48. The largest absolute Gasteiger partial charge is 0.468 e. The normalized spacial score (nSPS) is 12.9. The molecule has 0 aliphatic rings. The number of unbranched alkanes of at least 4 members (excludes halogenated alkanes) is 1. The molecule has 2 amide bonds. The number of nitrogens with one attached hydrogen (secondary N) is 2. The first-order valence-electron chi connectivity index (χ1n) is 11.8. The van der Waals surface area contributed by atoms with Crippen LogP contribution in [0.3, 0.4) is 0 Å². The Hall–Kier alpha value is -2.61. The summed E-state index contributed by atoms with van der Waals surface area (Å²) in [4.78, 5) is 38.5. The first-order valence-corrected chi connectivity index (χ1v) is 12.9. The van der Waals surface area contributed by atoms with Crippen molar-refractivity contribution < 1.29 is 23.2 Å². The summed E-state index contributed by atoms with van der Waals surface area (Å²) in [6, 6.07) is 8.02. The Labute approximate surface area is 205 Å². The molecule has 1 aromatic carbocycles. The van der Waals surface area contributed by atoms with E-state index >= 15 is 0 Å². The Morgan fingerprint density at radius 1 is 1.06 bits per heavy atom. The highest BCUT2D eigenvalue weighted by Gasteiger charge is 2.27. The summed E-state index contributed by atoms with van der Waals surface area (Å²) >= 11 is 1.45. The molecule has 186 valence electrons. The van der Waals surface area contributed by atoms with Crippen LogP contribution in [-0.2, 0) is 26.6 Å². The number of rotatable bonds is 15. The van der Waals surface area contributed by atoms with Crippen LogP contribution >= 0.6 is 11.8 Å². The van der Waals surface area contributed by atoms with Gasteiger partial charge in [-0.15, -0.1) is 11.8 Å². The molecule has 2 unspecified atom stereocenters. The van der Waals surface area contributed by atoms with Crippen LogP contribution in [0.25, 0.3) is 0 Å². The van der Waals surface area contributed by atoms with Crippen LogP contribution in [0.15, 0.2) is 47.1 Å². The maximum absolute atomic E-state index is 13.1. The van der Waals surface area contributed by atoms with Crippen molar-refractivity contribution in [3.8, 4) is 0 Å². The van der Waals surface area contributed by atoms with Gasteiger partial charge in [0.1, 0.15) is 17.6 Å². The summed E-state index contributed by atoms with van der Waals surface area (Å²) in [7, 11) is 0. The molecule has 2 rings (SSSR count). The maximum atomic E-state index is 13.1. The number of halogens is 1. The summed E-state index contributed by atoms with van der Waals surface area (Å²) in [5, 5.41) is 5.69. The summed E-state index contributed by atoms with van der Waals surface area (Å²) in [5.74, 6) is 0.724. The highest BCUT2D eigenvalue weighted by molar-refractivity contribution is 7.99. The zero-order chi connectivity index (χ0) is 24.9. The number of carbonyl (C=O) groups is 3. The maximum Gasteiger partial charge on any atom is 0.243 e. The fraction of sp³-hybridized carbons (Fsp3) is 0.500. The van der Waals surface area contributed by atoms with Crippen LogP contribution in [0.4, 0.5) is 4.39 Å². The van der Waals surface area contributed by atoms with Crippen LogP contribution < -0.4 is 10.6 Å². The van der Waals surface area contributed by atoms with Crippen molar-refractivity contribution >= 4 is 29.4 Å². The molecular weight excluding hydrogens is 455 g/mol. The zero-order valence-electron chi connectivity index (χ0n) is 20.1. The average molecular weight is 491 g/mol. The highest BCUT2D eigenvalue weighted by Crippen LogP contribution is 2.15. The molecule has 0 saturated heterocycles. The number of Topliss-reactive ketones (excluding diaryl/α,β-unsaturated/α-hetero) is 1. The number of hydrogen-bond donors (Lipinski definition) is 2. The Morgan fingerprint density at radius 3 is 2.41 bits per heavy atom. The summed E-state index contributed by atoms with van der Waals surface area (Å²) in [6.07, 6.45) is 4.36. The molecule has 34 heavy (non-hydrogen) atoms. The quantitative estimate of drug-likeness (QED) is 0.379. The van der Waals surface area contributed by atoms with E-state index in [0.717, 1.165) is 18.6 Å². The Kier molecular flexibility index (Phi) is 11.9. The number of thioether (sulfide) groups is 1. The number of carbonyl (C=O) groups excluding carboxylic acids is 3. The molecule has 2 atom stereocenters. The van der Waals surface area contributed by atoms with E-state index in [1.807, 2.05) is 26.8 Å². The van der Waals surface area contributed by atoms with Gasteiger partial charge in [-0.3, -0.25) is 14.4 Å². The van der Waals surface area contributed by atoms with Crippen LogP contribution in [0, 0.1) is 11.7 Å². The Morgan fingerprint density at radius 2 is 1.79 bits per heavy atom. The Bertz CT molecular complexity index is 900. The van der Waals surface area contributed by atoms with Gasteiger partial charge < -0.3 is 15.1 Å². The smallest absolute Gasteiger partial charge is 0.243 e. The molecule has 0 saturated carbocycles. The highest BCUT2D eigenvalue weighted by atomic mass is 32.2. The van der Waals surface area contributed by atoms with Crippen LogP contribution in [0.1, 0.15) is 57.8 Å². The lowest BCUT2D eigenvalue weighted by Crippen LogP contribution is -2.52. The lowest BCUT2D eigenvalue weighted by atomic mass is 10.0. The molecule has 1 heterocycles. The standard InChI is InChI=1S/C26H35FN2O4S/c1-4-5-8-22(24(30)17-34-16-21-7-6-13-33-21)29-26(32)23(14-18(2)3)28-25(31)15-19-9-11-20(27)12-10-19/h6-7,9-13,18,22-23H,4-5,8,14-17H2,1-3H3,(H,28,31)(H,29,32). The average Bonchev–Trinajstić information content (AvgIpc) is 3.30. The van der Waals surface area contributed by atoms with E-state index < -0.39 is 12.1 Å². The van der Waals surface area contributed by atoms with Gasteiger partial charge in [-0.25, -0.2) is 4.39 Å². The van der Waals surface area contributed by atoms with Gasteiger partial charge in [0.05, 0.1) is 30.2 Å². The van der Waals surface area contributed by atoms with Gasteiger partial charge >= 0.3 is 0 Å². The van der Waals surface area contributed by atoms with Gasteiger partial charge in [0.15, 0.2) is 5.78 Å². The number of amides is 2. The van der Waals surface area contributed by atoms with Gasteiger partial charge in [-0.05, 0) is 48.6 Å². The second kappa shape index (κ2) is 14.6. The molecule has 2 N–H and O–H groups in total. The van der Waals surface area contributed by atoms with Gasteiger partial charge in [-0.2, -0.15) is 0 Å². The van der Waals surface area contributed by atoms with Crippen molar-refractivity contribution in [3.63, 3.8) is 0 Å². The van der Waals surface area contributed by atoms with Crippen LogP contribution in [0.5, 0.6) is 0 Å². The Balaban J connectivity index is 1.97. The molecule has 0 radical (unpaired) electrons. The van der Waals surface area contributed by atoms with Crippen molar-refractivity contribution in [2.75, 3.05) is 5.75 Å². The van der Waals surface area contributed by atoms with E-state index in [-0.39, 0.29) is 41.5 Å². The third-order valence-corrected chi connectivity index (χ3v) is 6.23. The van der Waals surface area contributed by atoms with Gasteiger partial charge in [0, 0.05) is 0 Å². The van der Waals surface area contributed by atoms with Crippen molar-refractivity contribution in [2.24, 2.45) is 5.92 Å². The molecule has 1 aromatic heterocycles. The van der Waals surface area contributed by atoms with Crippen LogP contribution in [-0.4, -0.2) is 35.4 Å². The minimum atomic E-state index is -0.749. The topological polar surface area (TPSA) is 88.4 Å². The number of benzene rings is 1. The second-order valence-corrected chi connectivity index (χ2v) is 9.78. The van der Waals surface area contributed by atoms with Gasteiger partial charge in [0.25, 0.3) is 0 Å². The van der Waals surface area contributed by atoms with Gasteiger partial charge in [0.2, 0.25) is 11.8 Å². The number of ketones is 1. The summed E-state index contributed by atoms with van der Waals surface area (Å²) in [6.45, 7) is 5.97. The third-order valence-electron chi connectivity index (χ3n) is 5.26. The van der Waals surface area contributed by atoms with E-state index in [9.17, 15) is 18.8 Å². The summed E-state index contributed by atoms with van der Waals surface area (Å²) in [5.41, 5.74) is 0.659. The predicted molar refractivity (Wildman–Crippen MR) is 133 cm³/mol. The zero-order valence-corrected chi connectivity index (χ0v) is 21.0. The molecule has 0 spiro atoms. The first kappa shape index (κ1) is 27.6. The van der Waals surface area contributed by atoms with E-state index in [4.69, 9.17) is 4.42 Å². The number of furan rings is 1. The van der Waals surface area contributed by atoms with Crippen molar-refractivity contribution in [1.29, 1.82) is 0 Å². The molecular formula is C26H35FN2O4S. The minimum Gasteiger partial charge on any atom is -0.468 e. The monoisotopic (exact) mass is 490 g/mol. The molecule has 0 fully saturated rings. The van der Waals surface area contributed by atoms with Crippen molar-refractivity contribution in [1.82, 2.24) is 10.6 Å². The third kappa shape index (κ3) is 10.1. The minimum absolute atomic E-state index is 0.0423. The molecule has 8 heteroatoms. The fourth-order valence-corrected chi connectivity index (χ4v) is 4.35. The molecule has 0 bridgehead atoms. The summed E-state index contributed by atoms with van der Waals surface area (Å²) < 4.78 is 18.4. The molecule has 0 aliphatic heterocycles. The first-order chi connectivity index (χ1) is 16.3. The number of hydrogen-bond acceptors (Lipinski definition) is 5. The van der Waals surface area contributed by atoms with E-state index in [2.05, 4.69) is 10.6 Å². The molecule has 0 aliphatic carbocycles. The van der Waals surface area contributed by atoms with Crippen LogP contribution in [0.2, 0.25) is 0 Å². The predicted octanol–water partition coefficient (Wildman–Crippen LogP) is 4.67. The SMILES string of the molecule is CCCCC(NC(=O)C(CC(C)C)NC(=O)Cc1ccc(F)cc1)C(=O)CSCc1ccco1. The second-order valence-electron chi connectivity index (χ2n) is 8.79. The molecule has 2 aromatic rings. The molecule has 6 nitrogen and oxygen atoms in total. The van der Waals surface area contributed by atoms with E-state index in [1.165, 1.54) is 23.9 Å². The lowest BCUT2D eigenvalue weighted by molar-refractivity contribution is -0.131. The van der Waals surface area contributed by atoms with E-state index in [1.54, 1.807) is 24.5 Å². The van der Waals surface area contributed by atoms with Crippen molar-refractivity contribution in [2.45, 2.75) is 70.7 Å².